The molecule has 1 unspecified atom stereocenters. The molecule has 23 heavy (non-hydrogen) atoms. The van der Waals surface area contributed by atoms with E-state index in [-0.39, 0.29) is 18.3 Å². The van der Waals surface area contributed by atoms with E-state index in [1.807, 2.05) is 30.3 Å². The molecule has 2 aromatic rings. The van der Waals surface area contributed by atoms with Crippen LogP contribution in [0.3, 0.4) is 0 Å². The van der Waals surface area contributed by atoms with Crippen molar-refractivity contribution in [2.24, 2.45) is 0 Å². The second kappa shape index (κ2) is 8.19. The molecule has 1 N–H and O–H groups in total. The number of hydrogen-bond acceptors (Lipinski definition) is 5. The fraction of sp³-hybridized carbons (Fsp3) is 0.188. The van der Waals surface area contributed by atoms with Crippen LogP contribution in [0.5, 0.6) is 0 Å². The van der Waals surface area contributed by atoms with Crippen LogP contribution in [0.2, 0.25) is 0 Å². The molecule has 0 bridgehead atoms. The molecule has 0 aliphatic heterocycles. The number of hydrogen-bond donors (Lipinski definition) is 2. The molecule has 6 nitrogen and oxygen atoms in total. The Labute approximate surface area is 139 Å². The van der Waals surface area contributed by atoms with E-state index in [1.54, 1.807) is 12.1 Å². The summed E-state index contributed by atoms with van der Waals surface area (Å²) in [6.07, 6.45) is -0.564. The molecule has 2 rings (SSSR count). The van der Waals surface area contributed by atoms with E-state index in [0.717, 1.165) is 5.56 Å². The predicted molar refractivity (Wildman–Crippen MR) is 89.5 cm³/mol. The second-order valence-electron chi connectivity index (χ2n) is 4.79. The topological polar surface area (TPSA) is 81.5 Å². The molecule has 0 spiro atoms. The Kier molecular flexibility index (Phi) is 5.99. The van der Waals surface area contributed by atoms with E-state index in [4.69, 9.17) is 4.74 Å². The first-order valence-corrected chi connectivity index (χ1v) is 7.56. The van der Waals surface area contributed by atoms with Crippen LogP contribution < -0.4 is 5.32 Å². The van der Waals surface area contributed by atoms with Crippen molar-refractivity contribution in [3.63, 3.8) is 0 Å². The van der Waals surface area contributed by atoms with Crippen LogP contribution in [0.1, 0.15) is 17.2 Å². The number of thiol groups is 1. The Morgan fingerprint density at radius 2 is 1.83 bits per heavy atom. The fourth-order valence-electron chi connectivity index (χ4n) is 1.97. The predicted octanol–water partition coefficient (Wildman–Crippen LogP) is 3.49. The molecule has 2 aromatic carbocycles. The van der Waals surface area contributed by atoms with Crippen molar-refractivity contribution < 1.29 is 14.5 Å². The molecule has 7 heteroatoms. The van der Waals surface area contributed by atoms with Gasteiger partial charge in [-0.05, 0) is 23.3 Å². The van der Waals surface area contributed by atoms with E-state index in [0.29, 0.717) is 11.3 Å². The lowest BCUT2D eigenvalue weighted by Gasteiger charge is -2.16. The number of ether oxygens (including phenoxy) is 1. The average molecular weight is 332 g/mol. The maximum Gasteiger partial charge on any atom is 0.407 e. The zero-order valence-electron chi connectivity index (χ0n) is 12.2. The van der Waals surface area contributed by atoms with Crippen LogP contribution in [0.15, 0.2) is 54.6 Å². The van der Waals surface area contributed by atoms with Crippen molar-refractivity contribution in [1.82, 2.24) is 5.32 Å². The van der Waals surface area contributed by atoms with Gasteiger partial charge in [0.1, 0.15) is 6.61 Å². The standard InChI is InChI=1S/C16H16N2O4S/c19-16(17-15(11-23)13-4-2-1-3-5-13)22-10-12-6-8-14(9-7-12)18(20)21/h1-9,15,23H,10-11H2,(H,17,19). The summed E-state index contributed by atoms with van der Waals surface area (Å²) in [6.45, 7) is 0.0396. The minimum atomic E-state index is -0.564. The molecule has 0 aliphatic carbocycles. The van der Waals surface area contributed by atoms with Gasteiger partial charge in [-0.25, -0.2) is 4.79 Å². The van der Waals surface area contributed by atoms with Gasteiger partial charge in [0.15, 0.2) is 0 Å². The lowest BCUT2D eigenvalue weighted by Crippen LogP contribution is -2.30. The van der Waals surface area contributed by atoms with Gasteiger partial charge in [-0.1, -0.05) is 30.3 Å². The van der Waals surface area contributed by atoms with Gasteiger partial charge in [0.25, 0.3) is 5.69 Å². The lowest BCUT2D eigenvalue weighted by molar-refractivity contribution is -0.384. The first-order chi connectivity index (χ1) is 11.1. The van der Waals surface area contributed by atoms with E-state index >= 15 is 0 Å². The van der Waals surface area contributed by atoms with Crippen molar-refractivity contribution >= 4 is 24.4 Å². The molecule has 0 aliphatic rings. The Bertz CT molecular complexity index is 662. The van der Waals surface area contributed by atoms with Crippen LogP contribution in [-0.2, 0) is 11.3 Å². The highest BCUT2D eigenvalue weighted by molar-refractivity contribution is 7.80. The first kappa shape index (κ1) is 16.8. The summed E-state index contributed by atoms with van der Waals surface area (Å²) < 4.78 is 5.13. The maximum absolute atomic E-state index is 11.9. The third-order valence-electron chi connectivity index (χ3n) is 3.19. The summed E-state index contributed by atoms with van der Waals surface area (Å²) >= 11 is 4.24. The molecule has 0 fully saturated rings. The normalized spacial score (nSPS) is 11.5. The molecule has 0 radical (unpaired) electrons. The summed E-state index contributed by atoms with van der Waals surface area (Å²) in [4.78, 5) is 22.0. The Balaban J connectivity index is 1.88. The Morgan fingerprint density at radius 3 is 2.39 bits per heavy atom. The number of alkyl carbamates (subject to hydrolysis) is 1. The fourth-order valence-corrected chi connectivity index (χ4v) is 2.27. The monoisotopic (exact) mass is 332 g/mol. The Hall–Kier alpha value is -2.54. The molecule has 0 saturated carbocycles. The van der Waals surface area contributed by atoms with Crippen LogP contribution in [0, 0.1) is 10.1 Å². The summed E-state index contributed by atoms with van der Waals surface area (Å²) in [6, 6.07) is 15.1. The SMILES string of the molecule is O=C(NC(CS)c1ccccc1)OCc1ccc([N+](=O)[O-])cc1. The Morgan fingerprint density at radius 1 is 1.17 bits per heavy atom. The number of carbonyl (C=O) groups excluding carboxylic acids is 1. The van der Waals surface area contributed by atoms with Crippen LogP contribution in [0.25, 0.3) is 0 Å². The quantitative estimate of drug-likeness (QED) is 0.482. The summed E-state index contributed by atoms with van der Waals surface area (Å²) in [7, 11) is 0. The van der Waals surface area contributed by atoms with Gasteiger partial charge in [0.05, 0.1) is 11.0 Å². The number of non-ortho nitro benzene ring substituents is 1. The molecule has 1 amide bonds. The van der Waals surface area contributed by atoms with Crippen molar-refractivity contribution in [2.45, 2.75) is 12.6 Å². The van der Waals surface area contributed by atoms with Crippen molar-refractivity contribution in [3.8, 4) is 0 Å². The van der Waals surface area contributed by atoms with Gasteiger partial charge in [-0.2, -0.15) is 12.6 Å². The molecule has 0 aromatic heterocycles. The van der Waals surface area contributed by atoms with Gasteiger partial charge in [0.2, 0.25) is 0 Å². The van der Waals surface area contributed by atoms with Crippen LogP contribution >= 0.6 is 12.6 Å². The second-order valence-corrected chi connectivity index (χ2v) is 5.16. The van der Waals surface area contributed by atoms with Crippen LogP contribution in [0.4, 0.5) is 10.5 Å². The van der Waals surface area contributed by atoms with Crippen molar-refractivity contribution in [1.29, 1.82) is 0 Å². The number of nitrogens with one attached hydrogen (secondary N) is 1. The molecule has 0 heterocycles. The van der Waals surface area contributed by atoms with E-state index < -0.39 is 11.0 Å². The van der Waals surface area contributed by atoms with E-state index in [9.17, 15) is 14.9 Å². The average Bonchev–Trinajstić information content (AvgIpc) is 2.59. The zero-order chi connectivity index (χ0) is 16.7. The molecular formula is C16H16N2O4S. The van der Waals surface area contributed by atoms with Gasteiger partial charge in [-0.3, -0.25) is 10.1 Å². The first-order valence-electron chi connectivity index (χ1n) is 6.92. The third-order valence-corrected chi connectivity index (χ3v) is 3.56. The number of benzene rings is 2. The maximum atomic E-state index is 11.9. The number of nitro benzene ring substituents is 1. The highest BCUT2D eigenvalue weighted by Crippen LogP contribution is 2.15. The van der Waals surface area contributed by atoms with Crippen LogP contribution in [-0.4, -0.2) is 16.8 Å². The summed E-state index contributed by atoms with van der Waals surface area (Å²) in [5.74, 6) is 0.441. The lowest BCUT2D eigenvalue weighted by atomic mass is 10.1. The molecule has 1 atom stereocenters. The van der Waals surface area contributed by atoms with E-state index in [1.165, 1.54) is 12.1 Å². The third kappa shape index (κ3) is 5.00. The minimum absolute atomic E-state index is 0.00239. The van der Waals surface area contributed by atoms with Gasteiger partial charge in [0, 0.05) is 17.9 Å². The number of carbonyl (C=O) groups is 1. The largest absolute Gasteiger partial charge is 0.445 e. The van der Waals surface area contributed by atoms with Gasteiger partial charge >= 0.3 is 6.09 Å². The molecular weight excluding hydrogens is 316 g/mol. The summed E-state index contributed by atoms with van der Waals surface area (Å²) in [5.41, 5.74) is 1.61. The number of rotatable bonds is 6. The molecule has 120 valence electrons. The van der Waals surface area contributed by atoms with E-state index in [2.05, 4.69) is 17.9 Å². The molecule has 0 saturated heterocycles. The van der Waals surface area contributed by atoms with Gasteiger partial charge in [-0.15, -0.1) is 0 Å². The summed E-state index contributed by atoms with van der Waals surface area (Å²) in [5, 5.41) is 13.3. The number of nitrogens with zero attached hydrogens (tertiary/aromatic N) is 1. The zero-order valence-corrected chi connectivity index (χ0v) is 13.1. The van der Waals surface area contributed by atoms with Gasteiger partial charge < -0.3 is 10.1 Å². The number of nitro groups is 1. The number of amides is 1. The highest BCUT2D eigenvalue weighted by Gasteiger charge is 2.13. The van der Waals surface area contributed by atoms with Crippen molar-refractivity contribution in [3.05, 3.63) is 75.8 Å². The minimum Gasteiger partial charge on any atom is -0.445 e. The van der Waals surface area contributed by atoms with Crippen molar-refractivity contribution in [2.75, 3.05) is 5.75 Å². The smallest absolute Gasteiger partial charge is 0.407 e. The highest BCUT2D eigenvalue weighted by atomic mass is 32.1.